The van der Waals surface area contributed by atoms with Gasteiger partial charge in [-0.3, -0.25) is 4.79 Å². The van der Waals surface area contributed by atoms with Crippen molar-refractivity contribution in [3.8, 4) is 5.75 Å². The summed E-state index contributed by atoms with van der Waals surface area (Å²) in [6, 6.07) is 3.24. The van der Waals surface area contributed by atoms with Gasteiger partial charge >= 0.3 is 0 Å². The third kappa shape index (κ3) is 1.23. The Morgan fingerprint density at radius 2 is 2.14 bits per heavy atom. The third-order valence-corrected chi connectivity index (χ3v) is 2.68. The molecule has 0 heterocycles. The average Bonchev–Trinajstić information content (AvgIpc) is 2.42. The van der Waals surface area contributed by atoms with Crippen LogP contribution in [-0.4, -0.2) is 16.0 Å². The lowest BCUT2D eigenvalue weighted by Gasteiger charge is -2.00. The summed E-state index contributed by atoms with van der Waals surface area (Å²) in [7, 11) is 0. The van der Waals surface area contributed by atoms with Crippen LogP contribution in [0.5, 0.6) is 5.75 Å². The fourth-order valence-corrected chi connectivity index (χ4v) is 2.09. The number of ketones is 1. The number of benzene rings is 1. The standard InChI is InChI=1S/C10H7BrO3/c11-7-2-5-1-6(4-12)10(14)9(5)8(13)3-7/h2-4,12-13H,1H2/b6-4-. The third-order valence-electron chi connectivity index (χ3n) is 2.22. The SMILES string of the molecule is O=C1/C(=C\O)Cc2cc(Br)cc(O)c21. The molecule has 0 fully saturated rings. The maximum absolute atomic E-state index is 11.6. The van der Waals surface area contributed by atoms with Gasteiger partial charge in [-0.25, -0.2) is 0 Å². The van der Waals surface area contributed by atoms with Gasteiger partial charge in [-0.15, -0.1) is 0 Å². The number of fused-ring (bicyclic) bond motifs is 1. The first-order valence-electron chi connectivity index (χ1n) is 4.03. The smallest absolute Gasteiger partial charge is 0.196 e. The first-order valence-corrected chi connectivity index (χ1v) is 4.82. The molecule has 1 aliphatic rings. The van der Waals surface area contributed by atoms with Crippen molar-refractivity contribution in [1.82, 2.24) is 0 Å². The van der Waals surface area contributed by atoms with Crippen LogP contribution in [0.15, 0.2) is 28.4 Å². The number of phenols is 1. The molecule has 0 amide bonds. The Hall–Kier alpha value is -1.29. The van der Waals surface area contributed by atoms with Crippen molar-refractivity contribution >= 4 is 21.7 Å². The van der Waals surface area contributed by atoms with Gasteiger partial charge in [0.1, 0.15) is 5.75 Å². The van der Waals surface area contributed by atoms with E-state index in [-0.39, 0.29) is 11.5 Å². The topological polar surface area (TPSA) is 57.5 Å². The molecule has 4 heteroatoms. The van der Waals surface area contributed by atoms with Crippen molar-refractivity contribution in [2.75, 3.05) is 0 Å². The van der Waals surface area contributed by atoms with Crippen molar-refractivity contribution in [2.45, 2.75) is 6.42 Å². The Morgan fingerprint density at radius 1 is 1.43 bits per heavy atom. The minimum atomic E-state index is -0.299. The Bertz CT molecular complexity index is 449. The molecule has 1 aliphatic carbocycles. The van der Waals surface area contributed by atoms with Crippen LogP contribution >= 0.6 is 15.9 Å². The van der Waals surface area contributed by atoms with E-state index in [0.717, 1.165) is 16.3 Å². The van der Waals surface area contributed by atoms with Crippen LogP contribution < -0.4 is 0 Å². The van der Waals surface area contributed by atoms with Crippen molar-refractivity contribution < 1.29 is 15.0 Å². The highest BCUT2D eigenvalue weighted by atomic mass is 79.9. The molecule has 3 nitrogen and oxygen atoms in total. The molecule has 0 bridgehead atoms. The first-order chi connectivity index (χ1) is 6.63. The second-order valence-corrected chi connectivity index (χ2v) is 4.03. The molecule has 1 aromatic rings. The van der Waals surface area contributed by atoms with E-state index in [1.165, 1.54) is 6.07 Å². The van der Waals surface area contributed by atoms with E-state index >= 15 is 0 Å². The number of halogens is 1. The van der Waals surface area contributed by atoms with E-state index in [1.54, 1.807) is 6.07 Å². The summed E-state index contributed by atoms with van der Waals surface area (Å²) in [5, 5.41) is 18.3. The first kappa shape index (κ1) is 9.27. The van der Waals surface area contributed by atoms with Gasteiger partial charge in [-0.2, -0.15) is 0 Å². The highest BCUT2D eigenvalue weighted by Gasteiger charge is 2.28. The van der Waals surface area contributed by atoms with E-state index in [4.69, 9.17) is 5.11 Å². The Kier molecular flexibility index (Phi) is 2.07. The maximum Gasteiger partial charge on any atom is 0.196 e. The van der Waals surface area contributed by atoms with Crippen LogP contribution in [0, 0.1) is 0 Å². The lowest BCUT2D eigenvalue weighted by atomic mass is 10.1. The van der Waals surface area contributed by atoms with Crippen LogP contribution in [0.3, 0.4) is 0 Å². The maximum atomic E-state index is 11.6. The number of hydrogen-bond donors (Lipinski definition) is 2. The molecule has 2 N–H and O–H groups in total. The number of phenolic OH excluding ortho intramolecular Hbond substituents is 1. The van der Waals surface area contributed by atoms with Crippen LogP contribution in [0.25, 0.3) is 0 Å². The normalized spacial score (nSPS) is 17.5. The largest absolute Gasteiger partial charge is 0.515 e. The number of aliphatic hydroxyl groups is 1. The summed E-state index contributed by atoms with van der Waals surface area (Å²) in [5.41, 5.74) is 1.35. The molecule has 1 aromatic carbocycles. The van der Waals surface area contributed by atoms with Gasteiger partial charge in [0.25, 0.3) is 0 Å². The Labute approximate surface area is 88.8 Å². The van der Waals surface area contributed by atoms with Crippen LogP contribution in [0.4, 0.5) is 0 Å². The fraction of sp³-hybridized carbons (Fsp3) is 0.100. The molecule has 14 heavy (non-hydrogen) atoms. The van der Waals surface area contributed by atoms with Gasteiger partial charge in [-0.1, -0.05) is 15.9 Å². The second-order valence-electron chi connectivity index (χ2n) is 3.12. The predicted octanol–water partition coefficient (Wildman–Crippen LogP) is 2.34. The zero-order valence-electron chi connectivity index (χ0n) is 7.12. The number of aromatic hydroxyl groups is 1. The van der Waals surface area contributed by atoms with Gasteiger partial charge in [0.15, 0.2) is 5.78 Å². The van der Waals surface area contributed by atoms with Gasteiger partial charge < -0.3 is 10.2 Å². The molecule has 0 aromatic heterocycles. The Morgan fingerprint density at radius 3 is 2.79 bits per heavy atom. The van der Waals surface area contributed by atoms with E-state index in [9.17, 15) is 9.90 Å². The summed E-state index contributed by atoms with van der Waals surface area (Å²) in [6.07, 6.45) is 1.17. The molecule has 72 valence electrons. The summed E-state index contributed by atoms with van der Waals surface area (Å²) in [4.78, 5) is 11.6. The summed E-state index contributed by atoms with van der Waals surface area (Å²) >= 11 is 3.22. The lowest BCUT2D eigenvalue weighted by Crippen LogP contribution is -1.95. The molecule has 0 unspecified atom stereocenters. The quantitative estimate of drug-likeness (QED) is 0.552. The molecule has 0 saturated heterocycles. The monoisotopic (exact) mass is 254 g/mol. The van der Waals surface area contributed by atoms with Crippen LogP contribution in [-0.2, 0) is 6.42 Å². The van der Waals surface area contributed by atoms with Crippen LogP contribution in [0.1, 0.15) is 15.9 Å². The fourth-order valence-electron chi connectivity index (χ4n) is 1.60. The Balaban J connectivity index is 2.65. The molecule has 0 spiro atoms. The van der Waals surface area contributed by atoms with E-state index < -0.39 is 0 Å². The van der Waals surface area contributed by atoms with Crippen molar-refractivity contribution in [3.63, 3.8) is 0 Å². The van der Waals surface area contributed by atoms with Crippen molar-refractivity contribution in [3.05, 3.63) is 39.6 Å². The molecular formula is C10H7BrO3. The molecular weight excluding hydrogens is 248 g/mol. The summed E-state index contributed by atoms with van der Waals surface area (Å²) < 4.78 is 0.723. The zero-order valence-corrected chi connectivity index (χ0v) is 8.71. The lowest BCUT2D eigenvalue weighted by molar-refractivity contribution is 0.103. The minimum absolute atomic E-state index is 0.0452. The molecule has 0 atom stereocenters. The zero-order chi connectivity index (χ0) is 10.3. The highest BCUT2D eigenvalue weighted by Crippen LogP contribution is 2.35. The van der Waals surface area contributed by atoms with E-state index in [1.807, 2.05) is 0 Å². The van der Waals surface area contributed by atoms with Crippen molar-refractivity contribution in [1.29, 1.82) is 0 Å². The van der Waals surface area contributed by atoms with E-state index in [0.29, 0.717) is 17.6 Å². The molecule has 0 radical (unpaired) electrons. The second kappa shape index (κ2) is 3.13. The molecule has 0 aliphatic heterocycles. The average molecular weight is 255 g/mol. The van der Waals surface area contributed by atoms with Gasteiger partial charge in [0, 0.05) is 16.5 Å². The van der Waals surface area contributed by atoms with Crippen LogP contribution in [0.2, 0.25) is 0 Å². The number of aliphatic hydroxyl groups excluding tert-OH is 1. The number of allylic oxidation sites excluding steroid dienone is 1. The number of hydrogen-bond acceptors (Lipinski definition) is 3. The number of Topliss-reactive ketones (excluding diaryl/α,β-unsaturated/α-hetero) is 1. The van der Waals surface area contributed by atoms with Crippen molar-refractivity contribution in [2.24, 2.45) is 0 Å². The minimum Gasteiger partial charge on any atom is -0.515 e. The van der Waals surface area contributed by atoms with Gasteiger partial charge in [0.2, 0.25) is 0 Å². The number of rotatable bonds is 0. The number of carbonyl (C=O) groups excluding carboxylic acids is 1. The predicted molar refractivity (Wildman–Crippen MR) is 54.6 cm³/mol. The summed E-state index contributed by atoms with van der Waals surface area (Å²) in [5.74, 6) is -0.344. The molecule has 0 saturated carbocycles. The van der Waals surface area contributed by atoms with Gasteiger partial charge in [-0.05, 0) is 17.7 Å². The summed E-state index contributed by atoms with van der Waals surface area (Å²) in [6.45, 7) is 0. The number of carbonyl (C=O) groups is 1. The van der Waals surface area contributed by atoms with E-state index in [2.05, 4.69) is 15.9 Å². The highest BCUT2D eigenvalue weighted by molar-refractivity contribution is 9.10. The van der Waals surface area contributed by atoms with Gasteiger partial charge in [0.05, 0.1) is 11.8 Å². The molecule has 2 rings (SSSR count).